The Labute approximate surface area is 238 Å². The van der Waals surface area contributed by atoms with Crippen molar-refractivity contribution in [2.24, 2.45) is 0 Å². The van der Waals surface area contributed by atoms with Crippen molar-refractivity contribution in [2.45, 2.75) is 24.9 Å². The molecular formula is C28H26FIN4O5. The summed E-state index contributed by atoms with van der Waals surface area (Å²) < 4.78 is 20.6. The van der Waals surface area contributed by atoms with Crippen molar-refractivity contribution in [3.05, 3.63) is 93.3 Å². The van der Waals surface area contributed by atoms with E-state index in [1.54, 1.807) is 61.5 Å². The van der Waals surface area contributed by atoms with Gasteiger partial charge in [0.15, 0.2) is 6.61 Å². The fourth-order valence-electron chi connectivity index (χ4n) is 4.27. The second-order valence-corrected chi connectivity index (χ2v) is 10.1. The maximum Gasteiger partial charge on any atom is 0.325 e. The van der Waals surface area contributed by atoms with Crippen LogP contribution in [-0.4, -0.2) is 48.3 Å². The Bertz CT molecular complexity index is 1390. The third-order valence-electron chi connectivity index (χ3n) is 6.37. The number of benzene rings is 3. The van der Waals surface area contributed by atoms with Crippen molar-refractivity contribution >= 4 is 52.0 Å². The maximum absolute atomic E-state index is 14.6. The number of anilines is 1. The zero-order valence-corrected chi connectivity index (χ0v) is 23.3. The lowest BCUT2D eigenvalue weighted by Crippen LogP contribution is -2.50. The Hall–Kier alpha value is -4.00. The van der Waals surface area contributed by atoms with Crippen LogP contribution in [0.4, 0.5) is 14.9 Å². The van der Waals surface area contributed by atoms with Crippen LogP contribution in [0.2, 0.25) is 0 Å². The normalized spacial score (nSPS) is 16.3. The Morgan fingerprint density at radius 1 is 1.08 bits per heavy atom. The van der Waals surface area contributed by atoms with Gasteiger partial charge in [-0.25, -0.2) is 14.1 Å². The first kappa shape index (κ1) is 28.0. The molecule has 4 rings (SSSR count). The summed E-state index contributed by atoms with van der Waals surface area (Å²) in [5, 5.41) is 7.66. The first-order chi connectivity index (χ1) is 18.7. The fraction of sp³-hybridized carbons (Fsp3) is 0.214. The van der Waals surface area contributed by atoms with Crippen molar-refractivity contribution in [3.63, 3.8) is 0 Å². The number of likely N-dealkylation sites (N-methyl/N-ethyl adjacent to an activating group) is 1. The standard InChI is InChI=1S/C28H26FIN4O5/c1-16(17-6-4-3-5-7-17)25(26(36)32-22-13-10-19(30)14-21(22)29)34-27(37)24(33-28(34)38)18-8-11-20(12-9-18)39-15-23(35)31-2/h3-14,16,24-25H,15H2,1-2H3,(H,31,35)(H,32,36)(H,33,38)/t16-,24+,25?/m0/s1. The lowest BCUT2D eigenvalue weighted by Gasteiger charge is -2.30. The number of hydrogen-bond acceptors (Lipinski definition) is 5. The van der Waals surface area contributed by atoms with E-state index < -0.39 is 41.7 Å². The monoisotopic (exact) mass is 644 g/mol. The van der Waals surface area contributed by atoms with Crippen LogP contribution in [0, 0.1) is 9.39 Å². The molecule has 3 aromatic rings. The van der Waals surface area contributed by atoms with Gasteiger partial charge < -0.3 is 20.7 Å². The lowest BCUT2D eigenvalue weighted by atomic mass is 9.91. The van der Waals surface area contributed by atoms with Gasteiger partial charge in [0.1, 0.15) is 23.7 Å². The predicted molar refractivity (Wildman–Crippen MR) is 151 cm³/mol. The van der Waals surface area contributed by atoms with Gasteiger partial charge in [-0.3, -0.25) is 14.4 Å². The summed E-state index contributed by atoms with van der Waals surface area (Å²) in [6, 6.07) is 16.7. The van der Waals surface area contributed by atoms with Gasteiger partial charge in [0.05, 0.1) is 5.69 Å². The van der Waals surface area contributed by atoms with E-state index in [1.165, 1.54) is 19.2 Å². The summed E-state index contributed by atoms with van der Waals surface area (Å²) in [6.07, 6.45) is 0. The average Bonchev–Trinajstić information content (AvgIpc) is 3.23. The number of imide groups is 1. The van der Waals surface area contributed by atoms with Gasteiger partial charge >= 0.3 is 6.03 Å². The Balaban J connectivity index is 1.61. The number of amides is 5. The summed E-state index contributed by atoms with van der Waals surface area (Å²) in [5.41, 5.74) is 1.14. The van der Waals surface area contributed by atoms with Crippen LogP contribution < -0.4 is 20.7 Å². The molecule has 1 fully saturated rings. The molecule has 0 radical (unpaired) electrons. The van der Waals surface area contributed by atoms with E-state index in [0.717, 1.165) is 10.5 Å². The van der Waals surface area contributed by atoms with E-state index in [2.05, 4.69) is 16.0 Å². The molecule has 39 heavy (non-hydrogen) atoms. The smallest absolute Gasteiger partial charge is 0.325 e. The molecule has 1 aliphatic rings. The highest BCUT2D eigenvalue weighted by atomic mass is 127. The Kier molecular flexibility index (Phi) is 8.79. The van der Waals surface area contributed by atoms with Gasteiger partial charge in [0.2, 0.25) is 5.91 Å². The number of carbonyl (C=O) groups is 4. The van der Waals surface area contributed by atoms with Crippen LogP contribution in [0.3, 0.4) is 0 Å². The van der Waals surface area contributed by atoms with Crippen LogP contribution in [0.1, 0.15) is 30.0 Å². The molecule has 1 unspecified atom stereocenters. The van der Waals surface area contributed by atoms with Gasteiger partial charge in [-0.1, -0.05) is 49.4 Å². The minimum absolute atomic E-state index is 0.0541. The van der Waals surface area contributed by atoms with Gasteiger partial charge in [-0.05, 0) is 64.0 Å². The molecule has 202 valence electrons. The SMILES string of the molecule is CNC(=O)COc1ccc([C@H]2NC(=O)N(C(C(=O)Nc3ccc(I)cc3F)[C@@H](C)c3ccccc3)C2=O)cc1. The van der Waals surface area contributed by atoms with Crippen molar-refractivity contribution in [3.8, 4) is 5.75 Å². The average molecular weight is 644 g/mol. The van der Waals surface area contributed by atoms with E-state index >= 15 is 0 Å². The number of ether oxygens (including phenoxy) is 1. The second-order valence-electron chi connectivity index (χ2n) is 8.88. The molecule has 5 amide bonds. The zero-order chi connectivity index (χ0) is 28.1. The number of urea groups is 1. The van der Waals surface area contributed by atoms with E-state index in [0.29, 0.717) is 14.9 Å². The molecule has 0 saturated carbocycles. The highest BCUT2D eigenvalue weighted by Gasteiger charge is 2.47. The lowest BCUT2D eigenvalue weighted by molar-refractivity contribution is -0.134. The number of rotatable bonds is 9. The minimum atomic E-state index is -1.27. The molecule has 0 bridgehead atoms. The highest BCUT2D eigenvalue weighted by Crippen LogP contribution is 2.32. The number of carbonyl (C=O) groups excluding carboxylic acids is 4. The first-order valence-corrected chi connectivity index (χ1v) is 13.1. The van der Waals surface area contributed by atoms with Crippen LogP contribution in [-0.2, 0) is 14.4 Å². The first-order valence-electron chi connectivity index (χ1n) is 12.1. The molecule has 1 heterocycles. The van der Waals surface area contributed by atoms with Gasteiger partial charge in [0, 0.05) is 16.5 Å². The molecule has 0 aromatic heterocycles. The topological polar surface area (TPSA) is 117 Å². The summed E-state index contributed by atoms with van der Waals surface area (Å²) in [5.74, 6) is -2.44. The van der Waals surface area contributed by atoms with Crippen molar-refractivity contribution in [1.29, 1.82) is 0 Å². The molecule has 11 heteroatoms. The van der Waals surface area contributed by atoms with Gasteiger partial charge in [0.25, 0.3) is 11.8 Å². The third-order valence-corrected chi connectivity index (χ3v) is 7.04. The Morgan fingerprint density at radius 2 is 1.77 bits per heavy atom. The van der Waals surface area contributed by atoms with Crippen LogP contribution in [0.5, 0.6) is 5.75 Å². The summed E-state index contributed by atoms with van der Waals surface area (Å²) in [7, 11) is 1.50. The predicted octanol–water partition coefficient (Wildman–Crippen LogP) is 3.96. The van der Waals surface area contributed by atoms with Crippen molar-refractivity contribution in [1.82, 2.24) is 15.5 Å². The van der Waals surface area contributed by atoms with E-state index in [-0.39, 0.29) is 18.2 Å². The summed E-state index contributed by atoms with van der Waals surface area (Å²) in [4.78, 5) is 52.7. The van der Waals surface area contributed by atoms with Crippen LogP contribution in [0.25, 0.3) is 0 Å². The molecule has 1 saturated heterocycles. The number of hydrogen-bond donors (Lipinski definition) is 3. The second kappa shape index (κ2) is 12.2. The number of nitrogens with one attached hydrogen (secondary N) is 3. The third kappa shape index (κ3) is 6.36. The van der Waals surface area contributed by atoms with E-state index in [4.69, 9.17) is 4.74 Å². The maximum atomic E-state index is 14.6. The molecule has 1 aliphatic heterocycles. The van der Waals surface area contributed by atoms with E-state index in [1.807, 2.05) is 28.7 Å². The molecular weight excluding hydrogens is 618 g/mol. The summed E-state index contributed by atoms with van der Waals surface area (Å²) in [6.45, 7) is 1.56. The quantitative estimate of drug-likeness (QED) is 0.241. The number of halogens is 2. The van der Waals surface area contributed by atoms with Crippen LogP contribution in [0.15, 0.2) is 72.8 Å². The van der Waals surface area contributed by atoms with Crippen molar-refractivity contribution in [2.75, 3.05) is 19.0 Å². The zero-order valence-electron chi connectivity index (χ0n) is 21.1. The van der Waals surface area contributed by atoms with Crippen LogP contribution >= 0.6 is 22.6 Å². The Morgan fingerprint density at radius 3 is 2.41 bits per heavy atom. The molecule has 9 nitrogen and oxygen atoms in total. The molecule has 0 aliphatic carbocycles. The molecule has 3 atom stereocenters. The molecule has 0 spiro atoms. The van der Waals surface area contributed by atoms with Gasteiger partial charge in [-0.2, -0.15) is 0 Å². The number of nitrogens with zero attached hydrogens (tertiary/aromatic N) is 1. The summed E-state index contributed by atoms with van der Waals surface area (Å²) >= 11 is 1.96. The molecule has 3 aromatic carbocycles. The fourth-order valence-corrected chi connectivity index (χ4v) is 4.72. The largest absolute Gasteiger partial charge is 0.484 e. The highest BCUT2D eigenvalue weighted by molar-refractivity contribution is 14.1. The van der Waals surface area contributed by atoms with E-state index in [9.17, 15) is 23.6 Å². The van der Waals surface area contributed by atoms with Crippen molar-refractivity contribution < 1.29 is 28.3 Å². The van der Waals surface area contributed by atoms with Gasteiger partial charge in [-0.15, -0.1) is 0 Å². The molecule has 3 N–H and O–H groups in total. The minimum Gasteiger partial charge on any atom is -0.484 e.